The Balaban J connectivity index is 3.29. The molecule has 17 heavy (non-hydrogen) atoms. The number of rotatable bonds is 4. The SMILES string of the molecule is CCCC(O)(CN)c1ccccc1C(F)(F)F. The van der Waals surface area contributed by atoms with E-state index in [1.54, 1.807) is 6.92 Å². The van der Waals surface area contributed by atoms with Gasteiger partial charge in [0.15, 0.2) is 0 Å². The lowest BCUT2D eigenvalue weighted by Gasteiger charge is -2.29. The number of nitrogens with two attached hydrogens (primary N) is 1. The zero-order chi connectivity index (χ0) is 13.1. The van der Waals surface area contributed by atoms with Gasteiger partial charge in [0.25, 0.3) is 0 Å². The Kier molecular flexibility index (Phi) is 4.16. The molecule has 0 saturated carbocycles. The van der Waals surface area contributed by atoms with Gasteiger partial charge in [-0.1, -0.05) is 31.5 Å². The summed E-state index contributed by atoms with van der Waals surface area (Å²) >= 11 is 0. The van der Waals surface area contributed by atoms with Crippen molar-refractivity contribution >= 4 is 0 Å². The van der Waals surface area contributed by atoms with Crippen molar-refractivity contribution in [3.8, 4) is 0 Å². The number of hydrogen-bond acceptors (Lipinski definition) is 2. The van der Waals surface area contributed by atoms with E-state index < -0.39 is 17.3 Å². The summed E-state index contributed by atoms with van der Waals surface area (Å²) in [6.07, 6.45) is -3.72. The number of halogens is 3. The molecule has 0 spiro atoms. The summed E-state index contributed by atoms with van der Waals surface area (Å²) in [6.45, 7) is 1.56. The number of aliphatic hydroxyl groups is 1. The summed E-state index contributed by atoms with van der Waals surface area (Å²) in [5.41, 5.74) is 2.85. The molecule has 0 aliphatic heterocycles. The third kappa shape index (κ3) is 2.98. The maximum atomic E-state index is 12.8. The van der Waals surface area contributed by atoms with Crippen LogP contribution in [0.1, 0.15) is 30.9 Å². The average Bonchev–Trinajstić information content (AvgIpc) is 2.28. The molecule has 0 aromatic heterocycles. The van der Waals surface area contributed by atoms with Crippen LogP contribution in [0.25, 0.3) is 0 Å². The molecule has 3 N–H and O–H groups in total. The summed E-state index contributed by atoms with van der Waals surface area (Å²) < 4.78 is 38.4. The van der Waals surface area contributed by atoms with Crippen molar-refractivity contribution in [2.45, 2.75) is 31.5 Å². The molecule has 0 radical (unpaired) electrons. The van der Waals surface area contributed by atoms with Crippen molar-refractivity contribution < 1.29 is 18.3 Å². The van der Waals surface area contributed by atoms with E-state index in [1.165, 1.54) is 18.2 Å². The first-order valence-electron chi connectivity index (χ1n) is 5.44. The second kappa shape index (κ2) is 5.06. The Morgan fingerprint density at radius 3 is 2.12 bits per heavy atom. The van der Waals surface area contributed by atoms with Gasteiger partial charge in [-0.05, 0) is 18.1 Å². The predicted octanol–water partition coefficient (Wildman–Crippen LogP) is 2.65. The molecule has 1 aromatic rings. The number of benzene rings is 1. The summed E-state index contributed by atoms with van der Waals surface area (Å²) in [5, 5.41) is 10.2. The fourth-order valence-electron chi connectivity index (χ4n) is 1.90. The maximum absolute atomic E-state index is 12.8. The molecular formula is C12H16F3NO. The van der Waals surface area contributed by atoms with Crippen LogP contribution in [0, 0.1) is 0 Å². The minimum atomic E-state index is -4.48. The molecule has 2 nitrogen and oxygen atoms in total. The van der Waals surface area contributed by atoms with Gasteiger partial charge < -0.3 is 10.8 Å². The molecule has 1 aromatic carbocycles. The summed E-state index contributed by atoms with van der Waals surface area (Å²) in [5.74, 6) is 0. The van der Waals surface area contributed by atoms with Crippen LogP contribution >= 0.6 is 0 Å². The smallest absolute Gasteiger partial charge is 0.384 e. The largest absolute Gasteiger partial charge is 0.416 e. The van der Waals surface area contributed by atoms with E-state index in [4.69, 9.17) is 5.73 Å². The van der Waals surface area contributed by atoms with E-state index >= 15 is 0 Å². The molecule has 0 aliphatic carbocycles. The third-order valence-electron chi connectivity index (χ3n) is 2.74. The van der Waals surface area contributed by atoms with Crippen LogP contribution in [0.4, 0.5) is 13.2 Å². The van der Waals surface area contributed by atoms with Crippen molar-refractivity contribution in [3.05, 3.63) is 35.4 Å². The fraction of sp³-hybridized carbons (Fsp3) is 0.500. The van der Waals surface area contributed by atoms with Gasteiger partial charge in [-0.3, -0.25) is 0 Å². The Labute approximate surface area is 98.3 Å². The molecule has 1 rings (SSSR count). The lowest BCUT2D eigenvalue weighted by atomic mass is 9.86. The highest BCUT2D eigenvalue weighted by atomic mass is 19.4. The quantitative estimate of drug-likeness (QED) is 0.859. The van der Waals surface area contributed by atoms with Crippen LogP contribution in [0.15, 0.2) is 24.3 Å². The van der Waals surface area contributed by atoms with Crippen LogP contribution in [-0.4, -0.2) is 11.7 Å². The second-order valence-corrected chi connectivity index (χ2v) is 4.03. The molecule has 0 fully saturated rings. The van der Waals surface area contributed by atoms with Crippen molar-refractivity contribution in [2.75, 3.05) is 6.54 Å². The standard InChI is InChI=1S/C12H16F3NO/c1-2-7-11(17,8-16)9-5-3-4-6-10(9)12(13,14)15/h3-6,17H,2,7-8,16H2,1H3. The Morgan fingerprint density at radius 1 is 1.18 bits per heavy atom. The van der Waals surface area contributed by atoms with Crippen LogP contribution in [-0.2, 0) is 11.8 Å². The molecule has 0 bridgehead atoms. The maximum Gasteiger partial charge on any atom is 0.416 e. The van der Waals surface area contributed by atoms with Crippen molar-refractivity contribution in [1.29, 1.82) is 0 Å². The summed E-state index contributed by atoms with van der Waals surface area (Å²) in [4.78, 5) is 0. The van der Waals surface area contributed by atoms with E-state index in [-0.39, 0.29) is 18.5 Å². The van der Waals surface area contributed by atoms with Gasteiger partial charge >= 0.3 is 6.18 Å². The molecule has 0 heterocycles. The Bertz CT molecular complexity index is 378. The van der Waals surface area contributed by atoms with E-state index in [9.17, 15) is 18.3 Å². The van der Waals surface area contributed by atoms with Gasteiger partial charge in [-0.2, -0.15) is 13.2 Å². The summed E-state index contributed by atoms with van der Waals surface area (Å²) in [6, 6.07) is 5.02. The van der Waals surface area contributed by atoms with Gasteiger partial charge in [-0.25, -0.2) is 0 Å². The molecule has 1 atom stereocenters. The monoisotopic (exact) mass is 247 g/mol. The molecule has 96 valence electrons. The van der Waals surface area contributed by atoms with Crippen LogP contribution < -0.4 is 5.73 Å². The van der Waals surface area contributed by atoms with Crippen LogP contribution in [0.3, 0.4) is 0 Å². The molecule has 5 heteroatoms. The van der Waals surface area contributed by atoms with Crippen LogP contribution in [0.2, 0.25) is 0 Å². The fourth-order valence-corrected chi connectivity index (χ4v) is 1.90. The minimum Gasteiger partial charge on any atom is -0.384 e. The van der Waals surface area contributed by atoms with Crippen molar-refractivity contribution in [1.82, 2.24) is 0 Å². The van der Waals surface area contributed by atoms with Gasteiger partial charge in [0.05, 0.1) is 5.56 Å². The lowest BCUT2D eigenvalue weighted by Crippen LogP contribution is -2.36. The first-order valence-corrected chi connectivity index (χ1v) is 5.44. The molecule has 0 aliphatic rings. The van der Waals surface area contributed by atoms with Gasteiger partial charge in [0.1, 0.15) is 5.60 Å². The first kappa shape index (κ1) is 14.0. The van der Waals surface area contributed by atoms with E-state index in [2.05, 4.69) is 0 Å². The Hall–Kier alpha value is -1.07. The van der Waals surface area contributed by atoms with Crippen LogP contribution in [0.5, 0.6) is 0 Å². The molecule has 1 unspecified atom stereocenters. The van der Waals surface area contributed by atoms with E-state index in [0.717, 1.165) is 6.07 Å². The highest BCUT2D eigenvalue weighted by Gasteiger charge is 2.39. The molecule has 0 saturated heterocycles. The van der Waals surface area contributed by atoms with Gasteiger partial charge in [0.2, 0.25) is 0 Å². The lowest BCUT2D eigenvalue weighted by molar-refractivity contribution is -0.140. The minimum absolute atomic E-state index is 0.142. The zero-order valence-electron chi connectivity index (χ0n) is 9.59. The third-order valence-corrected chi connectivity index (χ3v) is 2.74. The second-order valence-electron chi connectivity index (χ2n) is 4.03. The van der Waals surface area contributed by atoms with E-state index in [0.29, 0.717) is 6.42 Å². The molecule has 0 amide bonds. The number of alkyl halides is 3. The highest BCUT2D eigenvalue weighted by Crippen LogP contribution is 2.37. The predicted molar refractivity (Wildman–Crippen MR) is 59.3 cm³/mol. The van der Waals surface area contributed by atoms with Crippen molar-refractivity contribution in [2.24, 2.45) is 5.73 Å². The average molecular weight is 247 g/mol. The highest BCUT2D eigenvalue weighted by molar-refractivity contribution is 5.34. The first-order chi connectivity index (χ1) is 7.85. The van der Waals surface area contributed by atoms with Crippen molar-refractivity contribution in [3.63, 3.8) is 0 Å². The Morgan fingerprint density at radius 2 is 1.71 bits per heavy atom. The van der Waals surface area contributed by atoms with E-state index in [1.807, 2.05) is 0 Å². The normalized spacial score (nSPS) is 15.6. The number of hydrogen-bond donors (Lipinski definition) is 2. The molecular weight excluding hydrogens is 231 g/mol. The topological polar surface area (TPSA) is 46.2 Å². The summed E-state index contributed by atoms with van der Waals surface area (Å²) in [7, 11) is 0. The van der Waals surface area contributed by atoms with Gasteiger partial charge in [0, 0.05) is 6.54 Å². The van der Waals surface area contributed by atoms with Gasteiger partial charge in [-0.15, -0.1) is 0 Å². The zero-order valence-corrected chi connectivity index (χ0v) is 9.59.